The van der Waals surface area contributed by atoms with Crippen LogP contribution < -0.4 is 4.74 Å². The standard InChI is InChI=1S/C11H13NO/c1-8-9-4-3-5-11(13-2)10(9)6-7-12-8/h3-5H,6-7H2,1-2H3. The molecule has 1 aromatic rings. The molecule has 0 bridgehead atoms. The van der Waals surface area contributed by atoms with Gasteiger partial charge in [-0.3, -0.25) is 4.99 Å². The summed E-state index contributed by atoms with van der Waals surface area (Å²) >= 11 is 0. The van der Waals surface area contributed by atoms with Gasteiger partial charge in [-0.2, -0.15) is 0 Å². The van der Waals surface area contributed by atoms with Crippen molar-refractivity contribution in [3.63, 3.8) is 0 Å². The Morgan fingerprint density at radius 1 is 1.38 bits per heavy atom. The fourth-order valence-electron chi connectivity index (χ4n) is 1.77. The highest BCUT2D eigenvalue weighted by atomic mass is 16.5. The van der Waals surface area contributed by atoms with Crippen LogP contribution in [-0.2, 0) is 6.42 Å². The topological polar surface area (TPSA) is 21.6 Å². The van der Waals surface area contributed by atoms with Crippen LogP contribution in [0.25, 0.3) is 0 Å². The van der Waals surface area contributed by atoms with Crippen molar-refractivity contribution in [2.75, 3.05) is 13.7 Å². The number of rotatable bonds is 1. The van der Waals surface area contributed by atoms with Crippen molar-refractivity contribution in [1.29, 1.82) is 0 Å². The maximum absolute atomic E-state index is 5.31. The van der Waals surface area contributed by atoms with E-state index in [4.69, 9.17) is 4.74 Å². The Morgan fingerprint density at radius 2 is 2.23 bits per heavy atom. The first-order chi connectivity index (χ1) is 6.33. The molecule has 1 aromatic carbocycles. The molecule has 0 radical (unpaired) electrons. The van der Waals surface area contributed by atoms with Crippen molar-refractivity contribution < 1.29 is 4.74 Å². The summed E-state index contributed by atoms with van der Waals surface area (Å²) in [7, 11) is 1.72. The molecule has 2 nitrogen and oxygen atoms in total. The van der Waals surface area contributed by atoms with Gasteiger partial charge < -0.3 is 4.74 Å². The monoisotopic (exact) mass is 175 g/mol. The fraction of sp³-hybridized carbons (Fsp3) is 0.364. The van der Waals surface area contributed by atoms with Crippen LogP contribution in [-0.4, -0.2) is 19.4 Å². The van der Waals surface area contributed by atoms with Gasteiger partial charge >= 0.3 is 0 Å². The van der Waals surface area contributed by atoms with Crippen LogP contribution in [0, 0.1) is 0 Å². The van der Waals surface area contributed by atoms with Gasteiger partial charge in [-0.1, -0.05) is 12.1 Å². The number of benzene rings is 1. The van der Waals surface area contributed by atoms with Crippen LogP contribution in [0.15, 0.2) is 23.2 Å². The number of nitrogens with zero attached hydrogens (tertiary/aromatic N) is 1. The number of methoxy groups -OCH3 is 1. The van der Waals surface area contributed by atoms with Crippen molar-refractivity contribution in [2.45, 2.75) is 13.3 Å². The third kappa shape index (κ3) is 1.32. The smallest absolute Gasteiger partial charge is 0.122 e. The molecule has 0 N–H and O–H groups in total. The van der Waals surface area contributed by atoms with Gasteiger partial charge in [0, 0.05) is 23.4 Å². The summed E-state index contributed by atoms with van der Waals surface area (Å²) in [6.07, 6.45) is 0.997. The molecular formula is C11H13NO. The van der Waals surface area contributed by atoms with Crippen molar-refractivity contribution in [1.82, 2.24) is 0 Å². The highest BCUT2D eigenvalue weighted by Gasteiger charge is 2.13. The summed E-state index contributed by atoms with van der Waals surface area (Å²) in [5.74, 6) is 0.992. The molecule has 0 unspecified atom stereocenters. The Morgan fingerprint density at radius 3 is 3.00 bits per heavy atom. The van der Waals surface area contributed by atoms with E-state index in [1.165, 1.54) is 11.1 Å². The first kappa shape index (κ1) is 8.30. The zero-order valence-corrected chi connectivity index (χ0v) is 8.00. The van der Waals surface area contributed by atoms with Crippen LogP contribution in [0.4, 0.5) is 0 Å². The second-order valence-corrected chi connectivity index (χ2v) is 3.20. The number of aliphatic imine (C=N–C) groups is 1. The Bertz CT molecular complexity index is 355. The van der Waals surface area contributed by atoms with E-state index >= 15 is 0 Å². The van der Waals surface area contributed by atoms with Crippen LogP contribution in [0.3, 0.4) is 0 Å². The molecule has 1 heterocycles. The normalized spacial score (nSPS) is 14.8. The van der Waals surface area contributed by atoms with Gasteiger partial charge in [0.25, 0.3) is 0 Å². The fourth-order valence-corrected chi connectivity index (χ4v) is 1.77. The lowest BCUT2D eigenvalue weighted by Gasteiger charge is -2.16. The number of ether oxygens (including phenoxy) is 1. The SMILES string of the molecule is COc1cccc2c1CCN=C2C. The van der Waals surface area contributed by atoms with Crippen LogP contribution in [0.2, 0.25) is 0 Å². The first-order valence-corrected chi connectivity index (χ1v) is 4.50. The molecule has 0 aromatic heterocycles. The second-order valence-electron chi connectivity index (χ2n) is 3.20. The maximum atomic E-state index is 5.31. The molecule has 2 heteroatoms. The molecule has 2 rings (SSSR count). The van der Waals surface area contributed by atoms with Crippen LogP contribution in [0.1, 0.15) is 18.1 Å². The molecule has 0 saturated carbocycles. The summed E-state index contributed by atoms with van der Waals surface area (Å²) in [4.78, 5) is 4.41. The van der Waals surface area contributed by atoms with Crippen LogP contribution >= 0.6 is 0 Å². The summed E-state index contributed by atoms with van der Waals surface area (Å²) in [6.45, 7) is 2.94. The molecule has 0 amide bonds. The summed E-state index contributed by atoms with van der Waals surface area (Å²) in [5, 5.41) is 0. The van der Waals surface area contributed by atoms with Gasteiger partial charge in [-0.05, 0) is 19.4 Å². The summed E-state index contributed by atoms with van der Waals surface area (Å²) < 4.78 is 5.31. The van der Waals surface area contributed by atoms with Crippen molar-refractivity contribution in [3.8, 4) is 5.75 Å². The molecule has 1 aliphatic rings. The molecule has 0 spiro atoms. The van der Waals surface area contributed by atoms with Gasteiger partial charge in [-0.15, -0.1) is 0 Å². The molecule has 0 atom stereocenters. The lowest BCUT2D eigenvalue weighted by Crippen LogP contribution is -2.10. The number of hydrogen-bond donors (Lipinski definition) is 0. The third-order valence-corrected chi connectivity index (χ3v) is 2.45. The minimum atomic E-state index is 0.888. The Hall–Kier alpha value is -1.31. The Kier molecular flexibility index (Phi) is 2.05. The molecular weight excluding hydrogens is 162 g/mol. The average molecular weight is 175 g/mol. The molecule has 1 aliphatic heterocycles. The highest BCUT2D eigenvalue weighted by molar-refractivity contribution is 6.01. The molecule has 0 fully saturated rings. The Labute approximate surface area is 78.3 Å². The van der Waals surface area contributed by atoms with Crippen molar-refractivity contribution in [2.24, 2.45) is 4.99 Å². The van der Waals surface area contributed by atoms with Gasteiger partial charge in [0.1, 0.15) is 5.75 Å². The van der Waals surface area contributed by atoms with Gasteiger partial charge in [0.15, 0.2) is 0 Å². The summed E-state index contributed by atoms with van der Waals surface area (Å²) in [6, 6.07) is 6.13. The zero-order valence-electron chi connectivity index (χ0n) is 8.00. The van der Waals surface area contributed by atoms with E-state index in [9.17, 15) is 0 Å². The maximum Gasteiger partial charge on any atom is 0.122 e. The van der Waals surface area contributed by atoms with E-state index in [1.807, 2.05) is 12.1 Å². The van der Waals surface area contributed by atoms with E-state index < -0.39 is 0 Å². The molecule has 13 heavy (non-hydrogen) atoms. The number of hydrogen-bond acceptors (Lipinski definition) is 2. The number of fused-ring (bicyclic) bond motifs is 1. The van der Waals surface area contributed by atoms with Gasteiger partial charge in [0.05, 0.1) is 7.11 Å². The lowest BCUT2D eigenvalue weighted by molar-refractivity contribution is 0.409. The predicted octanol–water partition coefficient (Wildman–Crippen LogP) is 2.06. The minimum Gasteiger partial charge on any atom is -0.496 e. The largest absolute Gasteiger partial charge is 0.496 e. The van der Waals surface area contributed by atoms with E-state index in [0.29, 0.717) is 0 Å². The molecule has 68 valence electrons. The van der Waals surface area contributed by atoms with E-state index in [-0.39, 0.29) is 0 Å². The van der Waals surface area contributed by atoms with Crippen molar-refractivity contribution in [3.05, 3.63) is 29.3 Å². The summed E-state index contributed by atoms with van der Waals surface area (Å²) in [5.41, 5.74) is 3.67. The average Bonchev–Trinajstić information content (AvgIpc) is 2.18. The predicted molar refractivity (Wildman–Crippen MR) is 53.8 cm³/mol. The quantitative estimate of drug-likeness (QED) is 0.640. The lowest BCUT2D eigenvalue weighted by atomic mass is 9.97. The van der Waals surface area contributed by atoms with E-state index in [1.54, 1.807) is 7.11 Å². The van der Waals surface area contributed by atoms with Crippen LogP contribution in [0.5, 0.6) is 5.75 Å². The van der Waals surface area contributed by atoms with Gasteiger partial charge in [0.2, 0.25) is 0 Å². The van der Waals surface area contributed by atoms with Crippen molar-refractivity contribution >= 4 is 5.71 Å². The minimum absolute atomic E-state index is 0.888. The third-order valence-electron chi connectivity index (χ3n) is 2.45. The second kappa shape index (κ2) is 3.21. The molecule has 0 saturated heterocycles. The van der Waals surface area contributed by atoms with E-state index in [2.05, 4.69) is 18.0 Å². The van der Waals surface area contributed by atoms with E-state index in [0.717, 1.165) is 24.4 Å². The molecule has 0 aliphatic carbocycles. The zero-order chi connectivity index (χ0) is 9.26. The first-order valence-electron chi connectivity index (χ1n) is 4.50. The van der Waals surface area contributed by atoms with Gasteiger partial charge in [-0.25, -0.2) is 0 Å². The highest BCUT2D eigenvalue weighted by Crippen LogP contribution is 2.25. The Balaban J connectivity index is 2.57.